The second kappa shape index (κ2) is 11.1. The number of carbonyl (C=O) groups excluding carboxylic acids is 1. The number of aliphatic carboxylic acids is 1. The first-order chi connectivity index (χ1) is 15.1. The number of hydrogen-bond acceptors (Lipinski definition) is 3. The van der Waals surface area contributed by atoms with Crippen LogP contribution in [0.15, 0.2) is 84.9 Å². The predicted octanol–water partition coefficient (Wildman–Crippen LogP) is 4.37. The van der Waals surface area contributed by atoms with Crippen molar-refractivity contribution in [2.45, 2.75) is 25.3 Å². The second-order valence-electron chi connectivity index (χ2n) is 7.40. The van der Waals surface area contributed by atoms with Gasteiger partial charge in [-0.25, -0.2) is 0 Å². The van der Waals surface area contributed by atoms with Crippen LogP contribution in [0.2, 0.25) is 0 Å². The second-order valence-corrected chi connectivity index (χ2v) is 7.40. The van der Waals surface area contributed by atoms with Gasteiger partial charge in [0.1, 0.15) is 6.54 Å². The minimum absolute atomic E-state index is 0.353. The van der Waals surface area contributed by atoms with Crippen molar-refractivity contribution < 1.29 is 14.7 Å². The first-order valence-electron chi connectivity index (χ1n) is 10.5. The van der Waals surface area contributed by atoms with Crippen LogP contribution in [-0.4, -0.2) is 30.1 Å². The van der Waals surface area contributed by atoms with E-state index in [0.717, 1.165) is 13.0 Å². The van der Waals surface area contributed by atoms with Crippen molar-refractivity contribution in [3.05, 3.63) is 107 Å². The highest BCUT2D eigenvalue weighted by Gasteiger charge is 2.26. The molecule has 3 aromatic carbocycles. The Kier molecular flexibility index (Phi) is 7.96. The number of benzene rings is 3. The van der Waals surface area contributed by atoms with Gasteiger partial charge in [0.25, 0.3) is 5.91 Å². The lowest BCUT2D eigenvalue weighted by Crippen LogP contribution is -2.33. The van der Waals surface area contributed by atoms with Gasteiger partial charge in [0.15, 0.2) is 0 Å². The van der Waals surface area contributed by atoms with Gasteiger partial charge in [-0.2, -0.15) is 0 Å². The molecule has 0 fully saturated rings. The van der Waals surface area contributed by atoms with Gasteiger partial charge in [0, 0.05) is 24.1 Å². The van der Waals surface area contributed by atoms with E-state index in [9.17, 15) is 9.59 Å². The third-order valence-electron chi connectivity index (χ3n) is 5.36. The molecule has 1 aliphatic heterocycles. The molecule has 1 aliphatic rings. The predicted molar refractivity (Wildman–Crippen MR) is 122 cm³/mol. The smallest absolute Gasteiger partial charge is 0.322 e. The molecule has 0 saturated carbocycles. The van der Waals surface area contributed by atoms with Crippen molar-refractivity contribution in [2.75, 3.05) is 13.1 Å². The molecule has 160 valence electrons. The fourth-order valence-corrected chi connectivity index (χ4v) is 3.82. The van der Waals surface area contributed by atoms with E-state index in [4.69, 9.17) is 5.11 Å². The van der Waals surface area contributed by atoms with Crippen LogP contribution < -0.4 is 10.6 Å². The van der Waals surface area contributed by atoms with Crippen LogP contribution in [0.1, 0.15) is 52.4 Å². The van der Waals surface area contributed by atoms with Gasteiger partial charge in [-0.15, -0.1) is 0 Å². The third-order valence-corrected chi connectivity index (χ3v) is 5.36. The largest absolute Gasteiger partial charge is 0.480 e. The summed E-state index contributed by atoms with van der Waals surface area (Å²) in [6, 6.07) is 28.7. The standard InChI is InChI=1S/C17H19N.C9H9NO3/c1-2-17-15-11-7-6-10-14(15)16(12-18-17)13-8-4-3-5-9-13;11-8(12)6-10-9(13)7-4-2-1-3-5-7/h3-11,16-18H,2,12H2,1H3;1-5H,6H2,(H,10,13)(H,11,12). The molecule has 5 nitrogen and oxygen atoms in total. The summed E-state index contributed by atoms with van der Waals surface area (Å²) in [4.78, 5) is 21.3. The van der Waals surface area contributed by atoms with Crippen LogP contribution in [-0.2, 0) is 4.79 Å². The van der Waals surface area contributed by atoms with Gasteiger partial charge >= 0.3 is 5.97 Å². The van der Waals surface area contributed by atoms with Crippen LogP contribution in [0.5, 0.6) is 0 Å². The summed E-state index contributed by atoms with van der Waals surface area (Å²) < 4.78 is 0. The van der Waals surface area contributed by atoms with Gasteiger partial charge in [-0.1, -0.05) is 79.7 Å². The minimum Gasteiger partial charge on any atom is -0.480 e. The number of nitrogens with one attached hydrogen (secondary N) is 2. The summed E-state index contributed by atoms with van der Waals surface area (Å²) >= 11 is 0. The fourth-order valence-electron chi connectivity index (χ4n) is 3.82. The van der Waals surface area contributed by atoms with E-state index in [2.05, 4.69) is 72.2 Å². The van der Waals surface area contributed by atoms with E-state index in [1.807, 2.05) is 0 Å². The Labute approximate surface area is 183 Å². The first kappa shape index (κ1) is 22.2. The lowest BCUT2D eigenvalue weighted by atomic mass is 9.82. The monoisotopic (exact) mass is 416 g/mol. The Bertz CT molecular complexity index is 990. The maximum Gasteiger partial charge on any atom is 0.322 e. The molecule has 1 heterocycles. The fraction of sp³-hybridized carbons (Fsp3) is 0.231. The van der Waals surface area contributed by atoms with Gasteiger partial charge < -0.3 is 15.7 Å². The summed E-state index contributed by atoms with van der Waals surface area (Å²) in [6.45, 7) is 2.94. The normalized spacial score (nSPS) is 16.9. The molecule has 0 radical (unpaired) electrons. The van der Waals surface area contributed by atoms with Gasteiger partial charge in [-0.3, -0.25) is 9.59 Å². The molecule has 0 aromatic heterocycles. The first-order valence-corrected chi connectivity index (χ1v) is 10.5. The zero-order valence-corrected chi connectivity index (χ0v) is 17.6. The Hall–Kier alpha value is -3.44. The quantitative estimate of drug-likeness (QED) is 0.577. The third kappa shape index (κ3) is 6.03. The number of rotatable bonds is 5. The molecule has 3 N–H and O–H groups in total. The van der Waals surface area contributed by atoms with Crippen molar-refractivity contribution >= 4 is 11.9 Å². The molecular formula is C26H28N2O3. The van der Waals surface area contributed by atoms with E-state index in [-0.39, 0.29) is 12.5 Å². The van der Waals surface area contributed by atoms with Crippen molar-refractivity contribution in [1.29, 1.82) is 0 Å². The molecule has 2 atom stereocenters. The highest BCUT2D eigenvalue weighted by Crippen LogP contribution is 2.35. The van der Waals surface area contributed by atoms with Crippen LogP contribution >= 0.6 is 0 Å². The highest BCUT2D eigenvalue weighted by molar-refractivity contribution is 5.95. The zero-order valence-electron chi connectivity index (χ0n) is 17.6. The average molecular weight is 417 g/mol. The number of fused-ring (bicyclic) bond motifs is 1. The van der Waals surface area contributed by atoms with E-state index >= 15 is 0 Å². The highest BCUT2D eigenvalue weighted by atomic mass is 16.4. The van der Waals surface area contributed by atoms with Gasteiger partial charge in [0.2, 0.25) is 0 Å². The summed E-state index contributed by atoms with van der Waals surface area (Å²) in [5.74, 6) is -0.933. The Balaban J connectivity index is 0.000000187. The Morgan fingerprint density at radius 3 is 2.10 bits per heavy atom. The molecule has 3 aromatic rings. The van der Waals surface area contributed by atoms with E-state index in [1.54, 1.807) is 30.3 Å². The van der Waals surface area contributed by atoms with Crippen molar-refractivity contribution in [3.8, 4) is 0 Å². The van der Waals surface area contributed by atoms with Crippen molar-refractivity contribution in [1.82, 2.24) is 10.6 Å². The SMILES string of the molecule is CCC1NCC(c2ccccc2)c2ccccc21.O=C(O)CNC(=O)c1ccccc1. The number of hydrogen-bond donors (Lipinski definition) is 3. The Morgan fingerprint density at radius 2 is 1.48 bits per heavy atom. The molecule has 0 aliphatic carbocycles. The molecule has 5 heteroatoms. The molecule has 4 rings (SSSR count). The van der Waals surface area contributed by atoms with Crippen LogP contribution in [0, 0.1) is 0 Å². The lowest BCUT2D eigenvalue weighted by Gasteiger charge is -2.32. The average Bonchev–Trinajstić information content (AvgIpc) is 2.83. The molecule has 2 unspecified atom stereocenters. The number of carboxylic acids is 1. The van der Waals surface area contributed by atoms with Crippen LogP contribution in [0.25, 0.3) is 0 Å². The molecule has 31 heavy (non-hydrogen) atoms. The van der Waals surface area contributed by atoms with Crippen LogP contribution in [0.4, 0.5) is 0 Å². The summed E-state index contributed by atoms with van der Waals surface area (Å²) in [5, 5.41) is 14.2. The van der Waals surface area contributed by atoms with Gasteiger partial charge in [0.05, 0.1) is 0 Å². The van der Waals surface area contributed by atoms with Crippen LogP contribution in [0.3, 0.4) is 0 Å². The van der Waals surface area contributed by atoms with E-state index < -0.39 is 5.97 Å². The number of carboxylic acid groups (broad SMARTS) is 1. The molecular weight excluding hydrogens is 388 g/mol. The topological polar surface area (TPSA) is 78.4 Å². The number of amides is 1. The minimum atomic E-state index is -1.05. The van der Waals surface area contributed by atoms with Crippen molar-refractivity contribution in [3.63, 3.8) is 0 Å². The summed E-state index contributed by atoms with van der Waals surface area (Å²) in [6.07, 6.45) is 1.15. The van der Waals surface area contributed by atoms with Crippen molar-refractivity contribution in [2.24, 2.45) is 0 Å². The van der Waals surface area contributed by atoms with E-state index in [1.165, 1.54) is 16.7 Å². The maximum absolute atomic E-state index is 11.2. The maximum atomic E-state index is 11.2. The molecule has 1 amide bonds. The lowest BCUT2D eigenvalue weighted by molar-refractivity contribution is -0.135. The number of carbonyl (C=O) groups is 2. The zero-order chi connectivity index (χ0) is 22.1. The molecule has 0 saturated heterocycles. The summed E-state index contributed by atoms with van der Waals surface area (Å²) in [5.41, 5.74) is 4.84. The Morgan fingerprint density at radius 1 is 0.903 bits per heavy atom. The molecule has 0 spiro atoms. The molecule has 0 bridgehead atoms. The van der Waals surface area contributed by atoms with E-state index in [0.29, 0.717) is 17.5 Å². The summed E-state index contributed by atoms with van der Waals surface area (Å²) in [7, 11) is 0. The van der Waals surface area contributed by atoms with Gasteiger partial charge in [-0.05, 0) is 35.2 Å².